The quantitative estimate of drug-likeness (QED) is 0.517. The minimum Gasteiger partial charge on any atom is -0.493 e. The molecule has 0 heterocycles. The molecule has 2 amide bonds. The maximum absolute atomic E-state index is 12.6. The molecule has 156 valence electrons. The third-order valence-electron chi connectivity index (χ3n) is 5.02. The summed E-state index contributed by atoms with van der Waals surface area (Å²) in [5.41, 5.74) is 0.677. The molecule has 0 saturated heterocycles. The first-order valence-electron chi connectivity index (χ1n) is 9.98. The minimum atomic E-state index is -0.359. The normalized spacial score (nSPS) is 19.0. The topological polar surface area (TPSA) is 100 Å². The van der Waals surface area contributed by atoms with Crippen molar-refractivity contribution in [2.24, 2.45) is 5.92 Å². The molecule has 2 N–H and O–H groups in total. The van der Waals surface area contributed by atoms with Gasteiger partial charge in [-0.1, -0.05) is 25.8 Å². The van der Waals surface area contributed by atoms with Gasteiger partial charge in [0.2, 0.25) is 0 Å². The number of likely N-dealkylation sites (N-methyl/N-ethyl adjacent to an activating group) is 1. The van der Waals surface area contributed by atoms with Gasteiger partial charge in [-0.05, 0) is 49.5 Å². The van der Waals surface area contributed by atoms with Gasteiger partial charge in [-0.15, -0.1) is 0 Å². The van der Waals surface area contributed by atoms with Gasteiger partial charge in [0, 0.05) is 12.6 Å². The maximum Gasteiger partial charge on any atom is 0.262 e. The lowest BCUT2D eigenvalue weighted by atomic mass is 9.86. The number of nitriles is 1. The third kappa shape index (κ3) is 6.53. The molecule has 2 atom stereocenters. The fourth-order valence-corrected chi connectivity index (χ4v) is 3.38. The van der Waals surface area contributed by atoms with Crippen LogP contribution < -0.4 is 20.1 Å². The summed E-state index contributed by atoms with van der Waals surface area (Å²) in [5.74, 6) is 0.659. The lowest BCUT2D eigenvalue weighted by molar-refractivity contribution is -0.123. The number of hydrogen-bond acceptors (Lipinski definition) is 5. The van der Waals surface area contributed by atoms with Crippen molar-refractivity contribution in [2.75, 3.05) is 20.3 Å². The minimum absolute atomic E-state index is 0.0424. The first-order chi connectivity index (χ1) is 14.0. The molecule has 0 aliphatic heterocycles. The average molecular weight is 399 g/mol. The fraction of sp³-hybridized carbons (Fsp3) is 0.500. The number of methoxy groups -OCH3 is 1. The van der Waals surface area contributed by atoms with Crippen molar-refractivity contribution >= 4 is 17.9 Å². The Balaban J connectivity index is 2.10. The van der Waals surface area contributed by atoms with Gasteiger partial charge >= 0.3 is 0 Å². The van der Waals surface area contributed by atoms with E-state index >= 15 is 0 Å². The van der Waals surface area contributed by atoms with Crippen LogP contribution in [-0.2, 0) is 9.59 Å². The zero-order valence-electron chi connectivity index (χ0n) is 17.3. The number of rotatable bonds is 8. The first kappa shape index (κ1) is 22.3. The van der Waals surface area contributed by atoms with Crippen LogP contribution in [0.3, 0.4) is 0 Å². The monoisotopic (exact) mass is 399 g/mol. The molecule has 7 heteroatoms. The van der Waals surface area contributed by atoms with Crippen molar-refractivity contribution in [1.29, 1.82) is 5.26 Å². The number of ether oxygens (including phenoxy) is 2. The van der Waals surface area contributed by atoms with Gasteiger partial charge in [0.05, 0.1) is 7.11 Å². The SMILES string of the molecule is CCNC(=O)COc1ccc(/C=C(\C#N)C(=O)N[C@H]2CCCC[C@H]2C)cc1OC. The summed E-state index contributed by atoms with van der Waals surface area (Å²) in [5, 5.41) is 15.1. The standard InChI is InChI=1S/C22H29N3O4/c1-4-24-21(26)14-29-19-10-9-16(12-20(19)28-3)11-17(13-23)22(27)25-18-8-6-5-7-15(18)2/h9-12,15,18H,4-8,14H2,1-3H3,(H,24,26)(H,25,27)/b17-11+/t15-,18+/m1/s1. The second-order valence-electron chi connectivity index (χ2n) is 7.16. The van der Waals surface area contributed by atoms with Crippen LogP contribution in [0.5, 0.6) is 11.5 Å². The van der Waals surface area contributed by atoms with Crippen molar-refractivity contribution in [1.82, 2.24) is 10.6 Å². The molecule has 29 heavy (non-hydrogen) atoms. The molecule has 1 aromatic carbocycles. The second-order valence-corrected chi connectivity index (χ2v) is 7.16. The van der Waals surface area contributed by atoms with Gasteiger partial charge < -0.3 is 20.1 Å². The Labute approximate surface area is 172 Å². The summed E-state index contributed by atoms with van der Waals surface area (Å²) >= 11 is 0. The molecule has 1 aliphatic carbocycles. The van der Waals surface area contributed by atoms with Crippen LogP contribution in [0.2, 0.25) is 0 Å². The Bertz CT molecular complexity index is 798. The van der Waals surface area contributed by atoms with Gasteiger partial charge in [0.1, 0.15) is 11.6 Å². The van der Waals surface area contributed by atoms with Crippen LogP contribution in [0.15, 0.2) is 23.8 Å². The predicted molar refractivity (Wildman–Crippen MR) is 110 cm³/mol. The van der Waals surface area contributed by atoms with Crippen LogP contribution in [0.25, 0.3) is 6.08 Å². The molecule has 1 aliphatic rings. The van der Waals surface area contributed by atoms with E-state index in [0.29, 0.717) is 29.5 Å². The number of nitrogens with zero attached hydrogens (tertiary/aromatic N) is 1. The Kier molecular flexibility index (Phi) is 8.53. The number of nitrogens with one attached hydrogen (secondary N) is 2. The smallest absolute Gasteiger partial charge is 0.262 e. The molecule has 0 radical (unpaired) electrons. The highest BCUT2D eigenvalue weighted by atomic mass is 16.5. The van der Waals surface area contributed by atoms with Crippen molar-refractivity contribution < 1.29 is 19.1 Å². The molecule has 0 unspecified atom stereocenters. The van der Waals surface area contributed by atoms with Crippen molar-refractivity contribution in [3.05, 3.63) is 29.3 Å². The molecule has 0 aromatic heterocycles. The number of benzene rings is 1. The highest BCUT2D eigenvalue weighted by Crippen LogP contribution is 2.29. The van der Waals surface area contributed by atoms with E-state index in [4.69, 9.17) is 9.47 Å². The zero-order valence-corrected chi connectivity index (χ0v) is 17.3. The molecule has 1 aromatic rings. The van der Waals surface area contributed by atoms with Crippen molar-refractivity contribution in [2.45, 2.75) is 45.6 Å². The summed E-state index contributed by atoms with van der Waals surface area (Å²) in [6.07, 6.45) is 5.83. The van der Waals surface area contributed by atoms with Gasteiger partial charge in [0.25, 0.3) is 11.8 Å². The summed E-state index contributed by atoms with van der Waals surface area (Å²) in [7, 11) is 1.49. The van der Waals surface area contributed by atoms with Crippen LogP contribution in [0.4, 0.5) is 0 Å². The zero-order chi connectivity index (χ0) is 21.2. The second kappa shape index (κ2) is 11.1. The van der Waals surface area contributed by atoms with Gasteiger partial charge in [0.15, 0.2) is 18.1 Å². The van der Waals surface area contributed by atoms with E-state index in [1.54, 1.807) is 18.2 Å². The highest BCUT2D eigenvalue weighted by molar-refractivity contribution is 6.01. The van der Waals surface area contributed by atoms with Gasteiger partial charge in [-0.25, -0.2) is 0 Å². The number of carbonyl (C=O) groups excluding carboxylic acids is 2. The third-order valence-corrected chi connectivity index (χ3v) is 5.02. The molecule has 2 rings (SSSR count). The summed E-state index contributed by atoms with van der Waals surface area (Å²) in [4.78, 5) is 24.1. The Morgan fingerprint density at radius 1 is 1.28 bits per heavy atom. The predicted octanol–water partition coefficient (Wildman–Crippen LogP) is 2.81. The Morgan fingerprint density at radius 3 is 2.69 bits per heavy atom. The Hall–Kier alpha value is -3.01. The highest BCUT2D eigenvalue weighted by Gasteiger charge is 2.24. The van der Waals surface area contributed by atoms with E-state index in [0.717, 1.165) is 19.3 Å². The van der Waals surface area contributed by atoms with Crippen LogP contribution in [0.1, 0.15) is 45.1 Å². The van der Waals surface area contributed by atoms with E-state index in [1.165, 1.54) is 19.6 Å². The number of hydrogen-bond donors (Lipinski definition) is 2. The summed E-state index contributed by atoms with van der Waals surface area (Å²) < 4.78 is 10.8. The average Bonchev–Trinajstić information content (AvgIpc) is 2.72. The lowest BCUT2D eigenvalue weighted by Crippen LogP contribution is -2.41. The Morgan fingerprint density at radius 2 is 2.03 bits per heavy atom. The molecule has 1 fully saturated rings. The van der Waals surface area contributed by atoms with E-state index in [1.807, 2.05) is 13.0 Å². The summed E-state index contributed by atoms with van der Waals surface area (Å²) in [6, 6.07) is 7.12. The van der Waals surface area contributed by atoms with Gasteiger partial charge in [-0.2, -0.15) is 5.26 Å². The molecular formula is C22H29N3O4. The van der Waals surface area contributed by atoms with Crippen LogP contribution >= 0.6 is 0 Å². The fourth-order valence-electron chi connectivity index (χ4n) is 3.38. The molecule has 1 saturated carbocycles. The van der Waals surface area contributed by atoms with E-state index < -0.39 is 0 Å². The largest absolute Gasteiger partial charge is 0.493 e. The maximum atomic E-state index is 12.6. The number of amides is 2. The summed E-state index contributed by atoms with van der Waals surface area (Å²) in [6.45, 7) is 4.37. The van der Waals surface area contributed by atoms with Crippen molar-refractivity contribution in [3.63, 3.8) is 0 Å². The lowest BCUT2D eigenvalue weighted by Gasteiger charge is -2.29. The van der Waals surface area contributed by atoms with Gasteiger partial charge in [-0.3, -0.25) is 9.59 Å². The molecule has 7 nitrogen and oxygen atoms in total. The van der Waals surface area contributed by atoms with Crippen LogP contribution in [0, 0.1) is 17.2 Å². The first-order valence-corrected chi connectivity index (χ1v) is 9.98. The van der Waals surface area contributed by atoms with E-state index in [9.17, 15) is 14.9 Å². The van der Waals surface area contributed by atoms with Crippen LogP contribution in [-0.4, -0.2) is 38.1 Å². The molecular weight excluding hydrogens is 370 g/mol. The van der Waals surface area contributed by atoms with E-state index in [2.05, 4.69) is 17.6 Å². The molecule has 0 bridgehead atoms. The van der Waals surface area contributed by atoms with Crippen molar-refractivity contribution in [3.8, 4) is 17.6 Å². The molecule has 0 spiro atoms. The number of carbonyl (C=O) groups is 2. The van der Waals surface area contributed by atoms with E-state index in [-0.39, 0.29) is 30.0 Å².